The van der Waals surface area contributed by atoms with Crippen molar-refractivity contribution >= 4 is 5.69 Å². The van der Waals surface area contributed by atoms with Crippen LogP contribution in [0.3, 0.4) is 0 Å². The fourth-order valence-corrected chi connectivity index (χ4v) is 3.03. The van der Waals surface area contributed by atoms with Crippen LogP contribution in [0.2, 0.25) is 0 Å². The van der Waals surface area contributed by atoms with Crippen LogP contribution in [0.15, 0.2) is 36.4 Å². The van der Waals surface area contributed by atoms with Crippen LogP contribution < -0.4 is 14.8 Å². The van der Waals surface area contributed by atoms with Crippen LogP contribution in [0.1, 0.15) is 30.5 Å². The van der Waals surface area contributed by atoms with Gasteiger partial charge in [0.25, 0.3) is 0 Å². The van der Waals surface area contributed by atoms with Gasteiger partial charge in [0.15, 0.2) is 0 Å². The summed E-state index contributed by atoms with van der Waals surface area (Å²) in [4.78, 5) is 0. The van der Waals surface area contributed by atoms with E-state index in [2.05, 4.69) is 37.4 Å². The third kappa shape index (κ3) is 3.27. The van der Waals surface area contributed by atoms with Crippen LogP contribution in [0.5, 0.6) is 11.5 Å². The first-order valence-electron chi connectivity index (χ1n) is 7.84. The molecule has 3 rings (SSSR count). The molecule has 1 heterocycles. The van der Waals surface area contributed by atoms with Crippen LogP contribution in [-0.2, 0) is 19.6 Å². The highest BCUT2D eigenvalue weighted by molar-refractivity contribution is 5.53. The monoisotopic (exact) mass is 313 g/mol. The van der Waals surface area contributed by atoms with Crippen molar-refractivity contribution in [1.82, 2.24) is 0 Å². The van der Waals surface area contributed by atoms with Crippen molar-refractivity contribution in [2.45, 2.75) is 39.0 Å². The fraction of sp³-hybridized carbons (Fsp3) is 0.368. The Labute approximate surface area is 137 Å². The minimum absolute atomic E-state index is 0.0449. The van der Waals surface area contributed by atoms with Crippen molar-refractivity contribution in [1.29, 1.82) is 0 Å². The third-order valence-corrected chi connectivity index (χ3v) is 4.11. The predicted molar refractivity (Wildman–Crippen MR) is 91.1 cm³/mol. The molecule has 2 aromatic rings. The van der Waals surface area contributed by atoms with Gasteiger partial charge in [-0.1, -0.05) is 18.2 Å². The molecule has 0 fully saturated rings. The highest BCUT2D eigenvalue weighted by Crippen LogP contribution is 2.37. The summed E-state index contributed by atoms with van der Waals surface area (Å²) in [5.74, 6) is 1.70. The van der Waals surface area contributed by atoms with Crippen LogP contribution in [0.25, 0.3) is 0 Å². The van der Waals surface area contributed by atoms with E-state index in [1.54, 1.807) is 7.11 Å². The molecule has 1 aliphatic heterocycles. The maximum atomic E-state index is 9.42. The number of rotatable bonds is 5. The molecule has 2 aromatic carbocycles. The molecule has 1 aliphatic rings. The first kappa shape index (κ1) is 15.7. The Kier molecular flexibility index (Phi) is 4.18. The third-order valence-electron chi connectivity index (χ3n) is 4.11. The maximum Gasteiger partial charge on any atom is 0.128 e. The van der Waals surface area contributed by atoms with E-state index in [-0.39, 0.29) is 12.2 Å². The molecule has 2 N–H and O–H groups in total. The van der Waals surface area contributed by atoms with Gasteiger partial charge < -0.3 is 19.9 Å². The SMILES string of the molecule is COc1ccc(NCc2cccc3c2OC(C)(C)C3)cc1CO. The molecule has 122 valence electrons. The van der Waals surface area contributed by atoms with Gasteiger partial charge in [-0.15, -0.1) is 0 Å². The van der Waals surface area contributed by atoms with Gasteiger partial charge in [-0.05, 0) is 37.6 Å². The summed E-state index contributed by atoms with van der Waals surface area (Å²) >= 11 is 0. The Balaban J connectivity index is 1.77. The Morgan fingerprint density at radius 2 is 2.04 bits per heavy atom. The van der Waals surface area contributed by atoms with Gasteiger partial charge in [-0.3, -0.25) is 0 Å². The van der Waals surface area contributed by atoms with E-state index in [0.717, 1.165) is 29.0 Å². The van der Waals surface area contributed by atoms with E-state index in [1.807, 2.05) is 18.2 Å². The topological polar surface area (TPSA) is 50.7 Å². The molecule has 0 bridgehead atoms. The van der Waals surface area contributed by atoms with Crippen molar-refractivity contribution in [3.63, 3.8) is 0 Å². The Bertz CT molecular complexity index is 710. The van der Waals surface area contributed by atoms with E-state index in [4.69, 9.17) is 9.47 Å². The number of nitrogens with one attached hydrogen (secondary N) is 1. The molecule has 0 unspecified atom stereocenters. The first-order valence-corrected chi connectivity index (χ1v) is 7.84. The summed E-state index contributed by atoms with van der Waals surface area (Å²) in [5.41, 5.74) is 4.00. The van der Waals surface area contributed by atoms with Gasteiger partial charge >= 0.3 is 0 Å². The first-order chi connectivity index (χ1) is 11.0. The lowest BCUT2D eigenvalue weighted by molar-refractivity contribution is 0.137. The number of fused-ring (bicyclic) bond motifs is 1. The predicted octanol–water partition coefficient (Wildman–Crippen LogP) is 3.51. The molecule has 0 saturated carbocycles. The number of aliphatic hydroxyl groups is 1. The summed E-state index contributed by atoms with van der Waals surface area (Å²) < 4.78 is 11.3. The maximum absolute atomic E-state index is 9.42. The van der Waals surface area contributed by atoms with Crippen LogP contribution >= 0.6 is 0 Å². The van der Waals surface area contributed by atoms with Gasteiger partial charge in [0.2, 0.25) is 0 Å². The van der Waals surface area contributed by atoms with E-state index in [9.17, 15) is 5.11 Å². The molecule has 0 saturated heterocycles. The molecular formula is C19H23NO3. The average molecular weight is 313 g/mol. The van der Waals surface area contributed by atoms with Gasteiger partial charge in [0.1, 0.15) is 17.1 Å². The van der Waals surface area contributed by atoms with Crippen molar-refractivity contribution < 1.29 is 14.6 Å². The molecule has 4 heteroatoms. The minimum atomic E-state index is -0.136. The zero-order valence-corrected chi connectivity index (χ0v) is 13.8. The molecule has 0 amide bonds. The molecular weight excluding hydrogens is 290 g/mol. The van der Waals surface area contributed by atoms with Crippen LogP contribution in [-0.4, -0.2) is 17.8 Å². The van der Waals surface area contributed by atoms with E-state index < -0.39 is 0 Å². The summed E-state index contributed by atoms with van der Waals surface area (Å²) in [6.45, 7) is 4.86. The molecule has 0 aliphatic carbocycles. The van der Waals surface area contributed by atoms with E-state index in [1.165, 1.54) is 5.56 Å². The number of hydrogen-bond donors (Lipinski definition) is 2. The van der Waals surface area contributed by atoms with Crippen molar-refractivity contribution in [2.24, 2.45) is 0 Å². The quantitative estimate of drug-likeness (QED) is 0.887. The van der Waals surface area contributed by atoms with Gasteiger partial charge in [0.05, 0.1) is 13.7 Å². The van der Waals surface area contributed by atoms with E-state index >= 15 is 0 Å². The van der Waals surface area contributed by atoms with Crippen molar-refractivity contribution in [2.75, 3.05) is 12.4 Å². The normalized spacial score (nSPS) is 15.0. The second kappa shape index (κ2) is 6.13. The Morgan fingerprint density at radius 3 is 2.78 bits per heavy atom. The number of para-hydroxylation sites is 1. The Morgan fingerprint density at radius 1 is 1.22 bits per heavy atom. The number of anilines is 1. The molecule has 4 nitrogen and oxygen atoms in total. The molecule has 0 atom stereocenters. The zero-order valence-electron chi connectivity index (χ0n) is 13.8. The zero-order chi connectivity index (χ0) is 16.4. The van der Waals surface area contributed by atoms with E-state index in [0.29, 0.717) is 12.3 Å². The summed E-state index contributed by atoms with van der Waals surface area (Å²) in [7, 11) is 1.61. The molecule has 0 spiro atoms. The van der Waals surface area contributed by atoms with Crippen molar-refractivity contribution in [3.8, 4) is 11.5 Å². The van der Waals surface area contributed by atoms with Gasteiger partial charge in [-0.25, -0.2) is 0 Å². The van der Waals surface area contributed by atoms with Gasteiger partial charge in [-0.2, -0.15) is 0 Å². The lowest BCUT2D eigenvalue weighted by Crippen LogP contribution is -2.25. The number of aliphatic hydroxyl groups excluding tert-OH is 1. The number of ether oxygens (including phenoxy) is 2. The highest BCUT2D eigenvalue weighted by atomic mass is 16.5. The molecule has 0 radical (unpaired) electrons. The fourth-order valence-electron chi connectivity index (χ4n) is 3.03. The lowest BCUT2D eigenvalue weighted by Gasteiger charge is -2.18. The molecule has 0 aromatic heterocycles. The second-order valence-electron chi connectivity index (χ2n) is 6.48. The number of benzene rings is 2. The average Bonchev–Trinajstić information content (AvgIpc) is 2.86. The van der Waals surface area contributed by atoms with Crippen molar-refractivity contribution in [3.05, 3.63) is 53.1 Å². The largest absolute Gasteiger partial charge is 0.496 e. The Hall–Kier alpha value is -2.20. The van der Waals surface area contributed by atoms with Crippen LogP contribution in [0.4, 0.5) is 5.69 Å². The smallest absolute Gasteiger partial charge is 0.128 e. The minimum Gasteiger partial charge on any atom is -0.496 e. The standard InChI is InChI=1S/C19H23NO3/c1-19(2)10-13-5-4-6-14(18(13)23-19)11-20-16-7-8-17(22-3)15(9-16)12-21/h4-9,20-21H,10-12H2,1-3H3. The highest BCUT2D eigenvalue weighted by Gasteiger charge is 2.31. The second-order valence-corrected chi connectivity index (χ2v) is 6.48. The molecule has 23 heavy (non-hydrogen) atoms. The summed E-state index contributed by atoms with van der Waals surface area (Å²) in [6.07, 6.45) is 0.938. The number of hydrogen-bond acceptors (Lipinski definition) is 4. The van der Waals surface area contributed by atoms with Crippen LogP contribution in [0, 0.1) is 0 Å². The summed E-state index contributed by atoms with van der Waals surface area (Å²) in [6, 6.07) is 12.0. The van der Waals surface area contributed by atoms with Gasteiger partial charge in [0, 0.05) is 29.8 Å². The number of methoxy groups -OCH3 is 1. The summed E-state index contributed by atoms with van der Waals surface area (Å²) in [5, 5.41) is 12.8. The lowest BCUT2D eigenvalue weighted by atomic mass is 10.0.